The summed E-state index contributed by atoms with van der Waals surface area (Å²) in [4.78, 5) is 12.7. The molecule has 2 aromatic carbocycles. The van der Waals surface area contributed by atoms with Crippen molar-refractivity contribution in [2.24, 2.45) is 0 Å². The monoisotopic (exact) mass is 476 g/mol. The summed E-state index contributed by atoms with van der Waals surface area (Å²) in [5, 5.41) is 6.97. The van der Waals surface area contributed by atoms with E-state index in [4.69, 9.17) is 0 Å². The first-order valence-corrected chi connectivity index (χ1v) is 11.1. The smallest absolute Gasteiger partial charge is 0.255 e. The van der Waals surface area contributed by atoms with Gasteiger partial charge < -0.3 is 5.32 Å². The number of amides is 1. The third kappa shape index (κ3) is 4.75. The minimum Gasteiger partial charge on any atom is -0.322 e. The van der Waals surface area contributed by atoms with Crippen molar-refractivity contribution < 1.29 is 13.2 Å². The molecule has 3 rings (SSSR count). The van der Waals surface area contributed by atoms with Crippen LogP contribution in [0.1, 0.15) is 24.2 Å². The van der Waals surface area contributed by atoms with Crippen LogP contribution >= 0.6 is 15.9 Å². The number of halogens is 1. The normalized spacial score (nSPS) is 11.8. The minimum atomic E-state index is -3.56. The van der Waals surface area contributed by atoms with Crippen LogP contribution in [0.2, 0.25) is 0 Å². The molecule has 7 nitrogen and oxygen atoms in total. The fourth-order valence-electron chi connectivity index (χ4n) is 2.56. The van der Waals surface area contributed by atoms with Gasteiger partial charge in [-0.3, -0.25) is 4.79 Å². The van der Waals surface area contributed by atoms with Crippen molar-refractivity contribution in [1.29, 1.82) is 0 Å². The summed E-state index contributed by atoms with van der Waals surface area (Å²) in [6, 6.07) is 13.0. The van der Waals surface area contributed by atoms with Crippen LogP contribution < -0.4 is 5.32 Å². The number of nitrogens with one attached hydrogen (secondary N) is 1. The lowest BCUT2D eigenvalue weighted by Gasteiger charge is -2.21. The van der Waals surface area contributed by atoms with Gasteiger partial charge in [0.25, 0.3) is 5.91 Å². The standard InChI is InChI=1S/C20H21BrN4O3S/c1-14(2)24(3)29(27,28)19-10-6-17(7-11-19)23-20(26)15-4-8-18(9-5-15)25-13-16(21)12-22-25/h4-14H,1-3H3,(H,23,26). The number of anilines is 1. The number of carbonyl (C=O) groups is 1. The van der Waals surface area contributed by atoms with Crippen molar-refractivity contribution in [2.75, 3.05) is 12.4 Å². The van der Waals surface area contributed by atoms with Crippen molar-refractivity contribution in [3.8, 4) is 5.69 Å². The van der Waals surface area contributed by atoms with Crippen molar-refractivity contribution in [1.82, 2.24) is 14.1 Å². The lowest BCUT2D eigenvalue weighted by molar-refractivity contribution is 0.102. The highest BCUT2D eigenvalue weighted by Crippen LogP contribution is 2.20. The Bertz CT molecular complexity index is 1110. The summed E-state index contributed by atoms with van der Waals surface area (Å²) in [7, 11) is -2.01. The van der Waals surface area contributed by atoms with Crippen LogP contribution in [-0.2, 0) is 10.0 Å². The van der Waals surface area contributed by atoms with E-state index in [9.17, 15) is 13.2 Å². The van der Waals surface area contributed by atoms with Crippen molar-refractivity contribution in [3.05, 3.63) is 71.0 Å². The Morgan fingerprint density at radius 1 is 1.10 bits per heavy atom. The average molecular weight is 477 g/mol. The molecule has 0 atom stereocenters. The summed E-state index contributed by atoms with van der Waals surface area (Å²) in [5.74, 6) is -0.284. The predicted molar refractivity (Wildman–Crippen MR) is 116 cm³/mol. The molecule has 0 unspecified atom stereocenters. The number of carbonyl (C=O) groups excluding carboxylic acids is 1. The van der Waals surface area contributed by atoms with Crippen LogP contribution in [0.15, 0.2) is 70.3 Å². The third-order valence-electron chi connectivity index (χ3n) is 4.46. The number of hydrogen-bond acceptors (Lipinski definition) is 4. The van der Waals surface area contributed by atoms with Crippen molar-refractivity contribution in [3.63, 3.8) is 0 Å². The Kier molecular flexibility index (Phi) is 6.21. The fraction of sp³-hybridized carbons (Fsp3) is 0.200. The molecule has 1 amide bonds. The Morgan fingerprint density at radius 3 is 2.24 bits per heavy atom. The van der Waals surface area contributed by atoms with E-state index in [0.29, 0.717) is 11.3 Å². The van der Waals surface area contributed by atoms with Crippen molar-refractivity contribution >= 4 is 37.5 Å². The molecular formula is C20H21BrN4O3S. The first kappa shape index (κ1) is 21.2. The Balaban J connectivity index is 1.71. The molecule has 1 heterocycles. The Morgan fingerprint density at radius 2 is 1.72 bits per heavy atom. The molecule has 0 radical (unpaired) electrons. The minimum absolute atomic E-state index is 0.148. The van der Waals surface area contributed by atoms with Crippen LogP contribution in [0.4, 0.5) is 5.69 Å². The summed E-state index contributed by atoms with van der Waals surface area (Å²) in [6.45, 7) is 3.62. The number of aromatic nitrogens is 2. The van der Waals surface area contributed by atoms with Crippen molar-refractivity contribution in [2.45, 2.75) is 24.8 Å². The van der Waals surface area contributed by atoms with Gasteiger partial charge in [-0.25, -0.2) is 13.1 Å². The zero-order valence-corrected chi connectivity index (χ0v) is 18.6. The highest BCUT2D eigenvalue weighted by molar-refractivity contribution is 9.10. The number of nitrogens with zero attached hydrogens (tertiary/aromatic N) is 3. The van der Waals surface area contributed by atoms with E-state index >= 15 is 0 Å². The van der Waals surface area contributed by atoms with Gasteiger partial charge in [0.2, 0.25) is 10.0 Å². The van der Waals surface area contributed by atoms with Crippen LogP contribution in [0, 0.1) is 0 Å². The highest BCUT2D eigenvalue weighted by atomic mass is 79.9. The number of sulfonamides is 1. The lowest BCUT2D eigenvalue weighted by atomic mass is 10.2. The predicted octanol–water partition coefficient (Wildman–Crippen LogP) is 3.92. The van der Waals surface area contributed by atoms with E-state index in [1.54, 1.807) is 54.3 Å². The second kappa shape index (κ2) is 8.48. The number of rotatable bonds is 6. The van der Waals surface area contributed by atoms with E-state index in [0.717, 1.165) is 10.2 Å². The molecule has 9 heteroatoms. The molecule has 1 aromatic heterocycles. The zero-order chi connectivity index (χ0) is 21.2. The van der Waals surface area contributed by atoms with E-state index in [2.05, 4.69) is 26.3 Å². The SMILES string of the molecule is CC(C)N(C)S(=O)(=O)c1ccc(NC(=O)c2ccc(-n3cc(Br)cn3)cc2)cc1. The maximum absolute atomic E-state index is 12.5. The Hall–Kier alpha value is -2.49. The molecule has 0 bridgehead atoms. The van der Waals surface area contributed by atoms with Gasteiger partial charge in [0.05, 0.1) is 21.3 Å². The molecule has 0 fully saturated rings. The summed E-state index contributed by atoms with van der Waals surface area (Å²) in [5.41, 5.74) is 1.83. The van der Waals surface area contributed by atoms with Gasteiger partial charge in [-0.2, -0.15) is 9.40 Å². The molecule has 0 aliphatic heterocycles. The van der Waals surface area contributed by atoms with Crippen LogP contribution in [0.3, 0.4) is 0 Å². The van der Waals surface area contributed by atoms with Gasteiger partial charge in [0.15, 0.2) is 0 Å². The average Bonchev–Trinajstić information content (AvgIpc) is 3.14. The highest BCUT2D eigenvalue weighted by Gasteiger charge is 2.22. The summed E-state index contributed by atoms with van der Waals surface area (Å²) < 4.78 is 28.9. The maximum Gasteiger partial charge on any atom is 0.255 e. The van der Waals surface area contributed by atoms with Crippen LogP contribution in [-0.4, -0.2) is 41.5 Å². The van der Waals surface area contributed by atoms with E-state index < -0.39 is 10.0 Å². The maximum atomic E-state index is 12.5. The Labute approximate surface area is 178 Å². The molecule has 0 saturated heterocycles. The molecule has 0 saturated carbocycles. The van der Waals surface area contributed by atoms with Crippen LogP contribution in [0.5, 0.6) is 0 Å². The number of benzene rings is 2. The van der Waals surface area contributed by atoms with E-state index in [1.165, 1.54) is 16.4 Å². The van der Waals surface area contributed by atoms with Gasteiger partial charge in [0, 0.05) is 30.5 Å². The largest absolute Gasteiger partial charge is 0.322 e. The fourth-order valence-corrected chi connectivity index (χ4v) is 4.22. The molecule has 29 heavy (non-hydrogen) atoms. The topological polar surface area (TPSA) is 84.3 Å². The van der Waals surface area contributed by atoms with Gasteiger partial charge >= 0.3 is 0 Å². The molecule has 0 spiro atoms. The summed E-state index contributed by atoms with van der Waals surface area (Å²) in [6.07, 6.45) is 3.50. The molecular weight excluding hydrogens is 456 g/mol. The van der Waals surface area contributed by atoms with Crippen LogP contribution in [0.25, 0.3) is 5.69 Å². The second-order valence-electron chi connectivity index (χ2n) is 6.74. The molecule has 0 aliphatic rings. The lowest BCUT2D eigenvalue weighted by Crippen LogP contribution is -2.33. The van der Waals surface area contributed by atoms with E-state index in [-0.39, 0.29) is 16.8 Å². The quantitative estimate of drug-likeness (QED) is 0.584. The van der Waals surface area contributed by atoms with Gasteiger partial charge in [0.1, 0.15) is 0 Å². The molecule has 3 aromatic rings. The second-order valence-corrected chi connectivity index (χ2v) is 9.66. The van der Waals surface area contributed by atoms with E-state index in [1.807, 2.05) is 20.0 Å². The zero-order valence-electron chi connectivity index (χ0n) is 16.2. The first-order chi connectivity index (χ1) is 13.7. The molecule has 1 N–H and O–H groups in total. The first-order valence-electron chi connectivity index (χ1n) is 8.88. The molecule has 152 valence electrons. The van der Waals surface area contributed by atoms with Gasteiger partial charge in [-0.15, -0.1) is 0 Å². The third-order valence-corrected chi connectivity index (χ3v) is 6.92. The molecule has 0 aliphatic carbocycles. The van der Waals surface area contributed by atoms with Gasteiger partial charge in [-0.05, 0) is 78.3 Å². The number of hydrogen-bond donors (Lipinski definition) is 1. The van der Waals surface area contributed by atoms with Gasteiger partial charge in [-0.1, -0.05) is 0 Å². The summed E-state index contributed by atoms with van der Waals surface area (Å²) >= 11 is 3.35.